The van der Waals surface area contributed by atoms with E-state index in [2.05, 4.69) is 15.9 Å². The Bertz CT molecular complexity index is 677. The molecule has 0 spiro atoms. The van der Waals surface area contributed by atoms with E-state index >= 15 is 0 Å². The van der Waals surface area contributed by atoms with Gasteiger partial charge in [-0.25, -0.2) is 8.42 Å². The first-order valence-corrected chi connectivity index (χ1v) is 8.09. The zero-order valence-corrected chi connectivity index (χ0v) is 12.3. The average molecular weight is 344 g/mol. The summed E-state index contributed by atoms with van der Waals surface area (Å²) in [5.74, 6) is -2.21. The molecule has 0 amide bonds. The molecule has 1 aliphatic carbocycles. The van der Waals surface area contributed by atoms with Crippen molar-refractivity contribution in [1.29, 1.82) is 5.26 Å². The number of rotatable bonds is 3. The predicted octanol–water partition coefficient (Wildman–Crippen LogP) is 1.55. The van der Waals surface area contributed by atoms with Crippen molar-refractivity contribution in [2.24, 2.45) is 5.41 Å². The summed E-state index contributed by atoms with van der Waals surface area (Å²) in [6.07, 6.45) is 0.964. The number of halogens is 1. The van der Waals surface area contributed by atoms with E-state index < -0.39 is 32.4 Å². The van der Waals surface area contributed by atoms with Gasteiger partial charge in [0, 0.05) is 16.6 Å². The first-order chi connectivity index (χ1) is 8.75. The molecular formula is C12H10BrNO4S. The smallest absolute Gasteiger partial charge is 0.326 e. The topological polar surface area (TPSA) is 95.2 Å². The lowest BCUT2D eigenvalue weighted by molar-refractivity contribution is -0.141. The summed E-state index contributed by atoms with van der Waals surface area (Å²) in [5.41, 5.74) is -1.33. The third-order valence-electron chi connectivity index (χ3n) is 3.36. The van der Waals surface area contributed by atoms with Crippen LogP contribution in [0, 0.1) is 16.7 Å². The molecule has 1 aromatic carbocycles. The van der Waals surface area contributed by atoms with Gasteiger partial charge in [0.05, 0.1) is 6.07 Å². The van der Waals surface area contributed by atoms with Gasteiger partial charge < -0.3 is 5.11 Å². The number of nitriles is 1. The summed E-state index contributed by atoms with van der Waals surface area (Å²) in [6.45, 7) is 0. The highest BCUT2D eigenvalue weighted by Gasteiger charge is 2.76. The molecule has 100 valence electrons. The monoisotopic (exact) mass is 343 g/mol. The van der Waals surface area contributed by atoms with E-state index in [1.807, 2.05) is 0 Å². The number of carbonyl (C=O) groups is 1. The Morgan fingerprint density at radius 2 is 1.95 bits per heavy atom. The second-order valence-corrected chi connectivity index (χ2v) is 7.65. The van der Waals surface area contributed by atoms with Crippen molar-refractivity contribution in [3.63, 3.8) is 0 Å². The molecule has 7 heteroatoms. The van der Waals surface area contributed by atoms with Crippen molar-refractivity contribution in [3.05, 3.63) is 34.3 Å². The van der Waals surface area contributed by atoms with Crippen molar-refractivity contribution in [3.8, 4) is 6.07 Å². The molecule has 0 heterocycles. The van der Waals surface area contributed by atoms with Crippen LogP contribution in [-0.4, -0.2) is 31.0 Å². The maximum absolute atomic E-state index is 11.7. The van der Waals surface area contributed by atoms with Crippen LogP contribution in [-0.2, 0) is 14.6 Å². The van der Waals surface area contributed by atoms with Crippen LogP contribution in [0.5, 0.6) is 0 Å². The summed E-state index contributed by atoms with van der Waals surface area (Å²) >= 11 is 3.24. The zero-order valence-electron chi connectivity index (χ0n) is 9.87. The van der Waals surface area contributed by atoms with Gasteiger partial charge in [0.2, 0.25) is 0 Å². The number of carboxylic acids is 1. The first kappa shape index (κ1) is 14.0. The number of hydrogen-bond donors (Lipinski definition) is 1. The van der Waals surface area contributed by atoms with Gasteiger partial charge in [-0.15, -0.1) is 0 Å². The lowest BCUT2D eigenvalue weighted by atomic mass is 10.0. The van der Waals surface area contributed by atoms with Gasteiger partial charge in [-0.2, -0.15) is 5.26 Å². The molecule has 0 aromatic heterocycles. The van der Waals surface area contributed by atoms with E-state index in [0.717, 1.165) is 10.7 Å². The van der Waals surface area contributed by atoms with Crippen molar-refractivity contribution in [2.75, 3.05) is 6.26 Å². The van der Waals surface area contributed by atoms with E-state index in [4.69, 9.17) is 5.26 Å². The normalized spacial score (nSPS) is 29.5. The zero-order chi connectivity index (χ0) is 14.4. The minimum atomic E-state index is -3.62. The summed E-state index contributed by atoms with van der Waals surface area (Å²) in [7, 11) is -3.62. The molecule has 2 rings (SSSR count). The highest BCUT2D eigenvalue weighted by Crippen LogP contribution is 2.62. The van der Waals surface area contributed by atoms with E-state index in [9.17, 15) is 18.3 Å². The lowest BCUT2D eigenvalue weighted by Gasteiger charge is -2.02. The number of nitrogens with zero attached hydrogens (tertiary/aromatic N) is 1. The average Bonchev–Trinajstić information content (AvgIpc) is 3.00. The molecule has 1 fully saturated rings. The molecule has 3 atom stereocenters. The largest absolute Gasteiger partial charge is 0.480 e. The Kier molecular flexibility index (Phi) is 3.19. The van der Waals surface area contributed by atoms with Crippen molar-refractivity contribution >= 4 is 31.7 Å². The third kappa shape index (κ3) is 2.05. The van der Waals surface area contributed by atoms with Crippen molar-refractivity contribution in [2.45, 2.75) is 11.2 Å². The first-order valence-electron chi connectivity index (χ1n) is 5.34. The number of aliphatic carboxylic acids is 1. The van der Waals surface area contributed by atoms with Crippen LogP contribution < -0.4 is 0 Å². The van der Waals surface area contributed by atoms with Crippen molar-refractivity contribution in [1.82, 2.24) is 0 Å². The summed E-state index contributed by atoms with van der Waals surface area (Å²) in [4.78, 5) is 11.3. The summed E-state index contributed by atoms with van der Waals surface area (Å²) < 4.78 is 24.2. The Morgan fingerprint density at radius 1 is 1.42 bits per heavy atom. The van der Waals surface area contributed by atoms with Gasteiger partial charge in [0.15, 0.2) is 15.3 Å². The minimum Gasteiger partial charge on any atom is -0.480 e. The molecular weight excluding hydrogens is 334 g/mol. The number of carboxylic acid groups (broad SMARTS) is 1. The SMILES string of the molecule is CS(=O)(=O)[C@@H]1[C@H](c2ccc(Br)cc2)[C@]1(C#N)C(=O)O. The van der Waals surface area contributed by atoms with E-state index in [1.54, 1.807) is 30.3 Å². The fourth-order valence-electron chi connectivity index (χ4n) is 2.48. The van der Waals surface area contributed by atoms with Gasteiger partial charge >= 0.3 is 5.97 Å². The second kappa shape index (κ2) is 4.32. The summed E-state index contributed by atoms with van der Waals surface area (Å²) in [6, 6.07) is 8.33. The van der Waals surface area contributed by atoms with Gasteiger partial charge in [-0.1, -0.05) is 28.1 Å². The molecule has 0 bridgehead atoms. The maximum Gasteiger partial charge on any atom is 0.326 e. The van der Waals surface area contributed by atoms with Crippen LogP contribution in [0.15, 0.2) is 28.7 Å². The van der Waals surface area contributed by atoms with E-state index in [-0.39, 0.29) is 0 Å². The molecule has 0 unspecified atom stereocenters. The molecule has 1 N–H and O–H groups in total. The Balaban J connectivity index is 2.54. The molecule has 0 aliphatic heterocycles. The molecule has 0 saturated heterocycles. The van der Waals surface area contributed by atoms with Gasteiger partial charge in [0.25, 0.3) is 0 Å². The van der Waals surface area contributed by atoms with Crippen molar-refractivity contribution < 1.29 is 18.3 Å². The molecule has 5 nitrogen and oxygen atoms in total. The van der Waals surface area contributed by atoms with E-state index in [1.165, 1.54) is 0 Å². The lowest BCUT2D eigenvalue weighted by Crippen LogP contribution is -2.21. The van der Waals surface area contributed by atoms with Gasteiger partial charge in [-0.05, 0) is 17.7 Å². The highest BCUT2D eigenvalue weighted by molar-refractivity contribution is 9.10. The Labute approximate surface area is 118 Å². The number of sulfone groups is 1. The maximum atomic E-state index is 11.7. The van der Waals surface area contributed by atoms with Crippen LogP contribution in [0.2, 0.25) is 0 Å². The molecule has 1 saturated carbocycles. The predicted molar refractivity (Wildman–Crippen MR) is 71.2 cm³/mol. The van der Waals surface area contributed by atoms with Crippen LogP contribution in [0.3, 0.4) is 0 Å². The minimum absolute atomic E-state index is 0.544. The Hall–Kier alpha value is -1.39. The third-order valence-corrected chi connectivity index (χ3v) is 5.46. The number of hydrogen-bond acceptors (Lipinski definition) is 4. The van der Waals surface area contributed by atoms with Crippen LogP contribution in [0.1, 0.15) is 11.5 Å². The molecule has 0 radical (unpaired) electrons. The number of benzene rings is 1. The van der Waals surface area contributed by atoms with Gasteiger partial charge in [-0.3, -0.25) is 4.79 Å². The van der Waals surface area contributed by atoms with Gasteiger partial charge in [0.1, 0.15) is 5.25 Å². The van der Waals surface area contributed by atoms with Crippen LogP contribution in [0.25, 0.3) is 0 Å². The fraction of sp³-hybridized carbons (Fsp3) is 0.333. The molecule has 19 heavy (non-hydrogen) atoms. The standard InChI is InChI=1S/C12H10BrNO4S/c1-19(17,18)10-9(12(10,6-14)11(15)16)7-2-4-8(13)5-3-7/h2-5,9-10H,1H3,(H,15,16)/t9-,10+,12-/m0/s1. The molecule has 1 aromatic rings. The quantitative estimate of drug-likeness (QED) is 0.898. The second-order valence-electron chi connectivity index (χ2n) is 4.57. The molecule has 1 aliphatic rings. The van der Waals surface area contributed by atoms with Crippen LogP contribution in [0.4, 0.5) is 0 Å². The Morgan fingerprint density at radius 3 is 2.26 bits per heavy atom. The van der Waals surface area contributed by atoms with Crippen LogP contribution >= 0.6 is 15.9 Å². The summed E-state index contributed by atoms with van der Waals surface area (Å²) in [5, 5.41) is 17.2. The van der Waals surface area contributed by atoms with E-state index in [0.29, 0.717) is 5.56 Å². The fourth-order valence-corrected chi connectivity index (χ4v) is 4.51. The highest BCUT2D eigenvalue weighted by atomic mass is 79.9.